The summed E-state index contributed by atoms with van der Waals surface area (Å²) in [6.07, 6.45) is -0.0818. The number of aryl methyl sites for hydroxylation is 1. The second-order valence-corrected chi connectivity index (χ2v) is 8.99. The van der Waals surface area contributed by atoms with E-state index < -0.39 is 23.7 Å². The van der Waals surface area contributed by atoms with Crippen molar-refractivity contribution in [2.24, 2.45) is 0 Å². The van der Waals surface area contributed by atoms with Crippen LogP contribution in [0.5, 0.6) is 5.75 Å². The van der Waals surface area contributed by atoms with Gasteiger partial charge in [0.25, 0.3) is 11.7 Å². The van der Waals surface area contributed by atoms with Gasteiger partial charge in [-0.1, -0.05) is 42.5 Å². The lowest BCUT2D eigenvalue weighted by molar-refractivity contribution is -0.132. The molecule has 3 aromatic carbocycles. The summed E-state index contributed by atoms with van der Waals surface area (Å²) in [5.41, 5.74) is 2.43. The Morgan fingerprint density at radius 2 is 1.68 bits per heavy atom. The molecule has 0 saturated carbocycles. The number of benzene rings is 3. The Hall–Kier alpha value is -4.39. The molecular formula is C30H29NO6. The lowest BCUT2D eigenvalue weighted by Gasteiger charge is -2.27. The van der Waals surface area contributed by atoms with E-state index in [1.54, 1.807) is 49.4 Å². The van der Waals surface area contributed by atoms with Crippen molar-refractivity contribution in [1.82, 2.24) is 0 Å². The Kier molecular flexibility index (Phi) is 7.43. The predicted octanol–water partition coefficient (Wildman–Crippen LogP) is 5.59. The topological polar surface area (TPSA) is 93.1 Å². The second-order valence-electron chi connectivity index (χ2n) is 8.99. The minimum atomic E-state index is -0.909. The van der Waals surface area contributed by atoms with Gasteiger partial charge in [0.2, 0.25) is 0 Å². The predicted molar refractivity (Wildman–Crippen MR) is 141 cm³/mol. The maximum absolute atomic E-state index is 13.5. The van der Waals surface area contributed by atoms with Gasteiger partial charge in [-0.2, -0.15) is 0 Å². The molecule has 1 unspecified atom stereocenters. The van der Waals surface area contributed by atoms with E-state index in [0.717, 1.165) is 5.56 Å². The summed E-state index contributed by atoms with van der Waals surface area (Å²) in [4.78, 5) is 40.6. The molecule has 0 aliphatic carbocycles. The summed E-state index contributed by atoms with van der Waals surface area (Å²) < 4.78 is 10.9. The number of esters is 1. The van der Waals surface area contributed by atoms with Crippen molar-refractivity contribution in [3.8, 4) is 5.75 Å². The van der Waals surface area contributed by atoms with E-state index in [2.05, 4.69) is 0 Å². The summed E-state index contributed by atoms with van der Waals surface area (Å²) in [6, 6.07) is 19.6. The highest BCUT2D eigenvalue weighted by Crippen LogP contribution is 2.43. The van der Waals surface area contributed by atoms with Gasteiger partial charge in [-0.25, -0.2) is 4.79 Å². The minimum absolute atomic E-state index is 0.0393. The molecule has 4 rings (SSSR count). The Morgan fingerprint density at radius 3 is 2.38 bits per heavy atom. The Balaban J connectivity index is 1.91. The van der Waals surface area contributed by atoms with E-state index in [1.165, 1.54) is 11.0 Å². The molecule has 0 spiro atoms. The van der Waals surface area contributed by atoms with Gasteiger partial charge < -0.3 is 14.6 Å². The molecule has 190 valence electrons. The van der Waals surface area contributed by atoms with E-state index in [0.29, 0.717) is 22.6 Å². The first kappa shape index (κ1) is 25.7. The monoisotopic (exact) mass is 499 g/mol. The first-order valence-corrected chi connectivity index (χ1v) is 12.1. The number of carbonyl (C=O) groups is 3. The molecule has 1 amide bonds. The summed E-state index contributed by atoms with van der Waals surface area (Å²) in [5, 5.41) is 11.4. The van der Waals surface area contributed by atoms with E-state index in [-0.39, 0.29) is 29.6 Å². The minimum Gasteiger partial charge on any atom is -0.507 e. The van der Waals surface area contributed by atoms with Crippen LogP contribution in [0.15, 0.2) is 78.4 Å². The average Bonchev–Trinajstić information content (AvgIpc) is 3.14. The Bertz CT molecular complexity index is 1390. The van der Waals surface area contributed by atoms with Gasteiger partial charge in [-0.05, 0) is 69.2 Å². The number of aliphatic hydroxyl groups is 1. The molecule has 37 heavy (non-hydrogen) atoms. The summed E-state index contributed by atoms with van der Waals surface area (Å²) in [7, 11) is 0. The smallest absolute Gasteiger partial charge is 0.338 e. The van der Waals surface area contributed by atoms with Gasteiger partial charge in [0.15, 0.2) is 0 Å². The molecule has 1 heterocycles. The second kappa shape index (κ2) is 10.7. The third-order valence-corrected chi connectivity index (χ3v) is 6.04. The van der Waals surface area contributed by atoms with Crippen LogP contribution in [0.2, 0.25) is 0 Å². The molecule has 7 heteroatoms. The molecule has 0 aromatic heterocycles. The lowest BCUT2D eigenvalue weighted by Crippen LogP contribution is -2.30. The standard InChI is InChI=1S/C30H29NO6/c1-5-36-30(35)21-12-8-13-22(16-21)31-26(24-15-7-6-10-19(24)4)25(28(33)29(31)34)27(32)20-11-9-14-23(17-20)37-18(2)3/h6-18,26,32H,5H2,1-4H3/b27-25+. The number of Topliss-reactive ketones (excluding diaryl/α,β-unsaturated/α-hetero) is 1. The summed E-state index contributed by atoms with van der Waals surface area (Å²) in [6.45, 7) is 7.57. The van der Waals surface area contributed by atoms with Gasteiger partial charge in [0.1, 0.15) is 11.5 Å². The van der Waals surface area contributed by atoms with Gasteiger partial charge in [-0.3, -0.25) is 14.5 Å². The van der Waals surface area contributed by atoms with Gasteiger partial charge >= 0.3 is 5.97 Å². The van der Waals surface area contributed by atoms with Crippen LogP contribution in [0, 0.1) is 6.92 Å². The van der Waals surface area contributed by atoms with E-state index in [4.69, 9.17) is 9.47 Å². The zero-order valence-electron chi connectivity index (χ0n) is 21.2. The first-order valence-electron chi connectivity index (χ1n) is 12.1. The number of ether oxygens (including phenoxy) is 2. The van der Waals surface area contributed by atoms with Gasteiger partial charge in [0.05, 0.1) is 29.9 Å². The fourth-order valence-corrected chi connectivity index (χ4v) is 4.43. The highest BCUT2D eigenvalue weighted by atomic mass is 16.5. The molecule has 7 nitrogen and oxygen atoms in total. The third-order valence-electron chi connectivity index (χ3n) is 6.04. The van der Waals surface area contributed by atoms with E-state index in [9.17, 15) is 19.5 Å². The zero-order valence-corrected chi connectivity index (χ0v) is 21.2. The number of hydrogen-bond acceptors (Lipinski definition) is 6. The fraction of sp³-hybridized carbons (Fsp3) is 0.233. The maximum Gasteiger partial charge on any atom is 0.338 e. The van der Waals surface area contributed by atoms with Crippen molar-refractivity contribution in [1.29, 1.82) is 0 Å². The fourth-order valence-electron chi connectivity index (χ4n) is 4.43. The van der Waals surface area contributed by atoms with Gasteiger partial charge in [0, 0.05) is 11.3 Å². The van der Waals surface area contributed by atoms with Crippen LogP contribution in [0.1, 0.15) is 53.9 Å². The third kappa shape index (κ3) is 5.11. The van der Waals surface area contributed by atoms with Crippen LogP contribution in [-0.4, -0.2) is 35.5 Å². The van der Waals surface area contributed by atoms with Crippen molar-refractivity contribution in [2.45, 2.75) is 39.8 Å². The number of aliphatic hydroxyl groups excluding tert-OH is 1. The molecule has 0 radical (unpaired) electrons. The van der Waals surface area contributed by atoms with Crippen LogP contribution >= 0.6 is 0 Å². The average molecular weight is 500 g/mol. The van der Waals surface area contributed by atoms with Crippen LogP contribution < -0.4 is 9.64 Å². The lowest BCUT2D eigenvalue weighted by atomic mass is 9.92. The molecule has 1 aliphatic heterocycles. The van der Waals surface area contributed by atoms with Crippen LogP contribution in [0.25, 0.3) is 5.76 Å². The number of nitrogens with zero attached hydrogens (tertiary/aromatic N) is 1. The number of amides is 1. The zero-order chi connectivity index (χ0) is 26.7. The van der Waals surface area contributed by atoms with Crippen molar-refractivity contribution >= 4 is 29.1 Å². The van der Waals surface area contributed by atoms with Crippen LogP contribution in [-0.2, 0) is 14.3 Å². The first-order chi connectivity index (χ1) is 17.7. The highest BCUT2D eigenvalue weighted by molar-refractivity contribution is 6.51. The Labute approximate surface area is 215 Å². The van der Waals surface area contributed by atoms with Crippen molar-refractivity contribution in [3.63, 3.8) is 0 Å². The molecule has 1 fully saturated rings. The molecule has 1 saturated heterocycles. The van der Waals surface area contributed by atoms with Crippen molar-refractivity contribution in [3.05, 3.63) is 101 Å². The van der Waals surface area contributed by atoms with E-state index in [1.807, 2.05) is 45.0 Å². The molecule has 1 aliphatic rings. The normalized spacial score (nSPS) is 16.8. The molecule has 1 N–H and O–H groups in total. The van der Waals surface area contributed by atoms with Crippen molar-refractivity contribution in [2.75, 3.05) is 11.5 Å². The number of ketones is 1. The number of rotatable bonds is 7. The molecule has 3 aromatic rings. The SMILES string of the molecule is CCOC(=O)c1cccc(N2C(=O)C(=O)/C(=C(/O)c3cccc(OC(C)C)c3)C2c2ccccc2C)c1. The number of carbonyl (C=O) groups excluding carboxylic acids is 3. The molecule has 1 atom stereocenters. The van der Waals surface area contributed by atoms with Crippen LogP contribution in [0.3, 0.4) is 0 Å². The maximum atomic E-state index is 13.5. The summed E-state index contributed by atoms with van der Waals surface area (Å²) >= 11 is 0. The molecule has 0 bridgehead atoms. The number of hydrogen-bond donors (Lipinski definition) is 1. The number of anilines is 1. The van der Waals surface area contributed by atoms with Crippen molar-refractivity contribution < 1.29 is 29.0 Å². The van der Waals surface area contributed by atoms with Gasteiger partial charge in [-0.15, -0.1) is 0 Å². The highest BCUT2D eigenvalue weighted by Gasteiger charge is 2.47. The Morgan fingerprint density at radius 1 is 0.973 bits per heavy atom. The summed E-state index contributed by atoms with van der Waals surface area (Å²) in [5.74, 6) is -1.92. The quantitative estimate of drug-likeness (QED) is 0.197. The largest absolute Gasteiger partial charge is 0.507 e. The van der Waals surface area contributed by atoms with E-state index >= 15 is 0 Å². The van der Waals surface area contributed by atoms with Crippen LogP contribution in [0.4, 0.5) is 5.69 Å². The molecular weight excluding hydrogens is 470 g/mol.